The molecule has 1 unspecified atom stereocenters. The number of nitriles is 1. The lowest BCUT2D eigenvalue weighted by Crippen LogP contribution is -2.45. The zero-order valence-corrected chi connectivity index (χ0v) is 6.41. The van der Waals surface area contributed by atoms with Crippen molar-refractivity contribution in [1.82, 2.24) is 4.90 Å². The molecule has 1 atom stereocenters. The first-order valence-corrected chi connectivity index (χ1v) is 3.50. The Hall–Kier alpha value is -1.08. The van der Waals surface area contributed by atoms with Crippen LogP contribution in [0.15, 0.2) is 0 Å². The Morgan fingerprint density at radius 1 is 1.91 bits per heavy atom. The molecule has 0 aromatic carbocycles. The lowest BCUT2D eigenvalue weighted by molar-refractivity contribution is -0.146. The van der Waals surface area contributed by atoms with Gasteiger partial charge in [-0.05, 0) is 6.92 Å². The SMILES string of the molecule is CC1CN(CC#N)C(=O)CO1. The fourth-order valence-electron chi connectivity index (χ4n) is 1.01. The largest absolute Gasteiger partial charge is 0.367 e. The minimum atomic E-state index is -0.0929. The molecule has 0 N–H and O–H groups in total. The van der Waals surface area contributed by atoms with Crippen molar-refractivity contribution >= 4 is 5.91 Å². The third-order valence-electron chi connectivity index (χ3n) is 1.58. The number of carbonyl (C=O) groups is 1. The second-order valence-electron chi connectivity index (χ2n) is 2.55. The molecule has 1 amide bonds. The molecule has 0 aromatic heterocycles. The highest BCUT2D eigenvalue weighted by Crippen LogP contribution is 2.04. The molecule has 11 heavy (non-hydrogen) atoms. The number of carbonyl (C=O) groups excluding carboxylic acids is 1. The first-order chi connectivity index (χ1) is 5.24. The van der Waals surface area contributed by atoms with Crippen LogP contribution in [0.2, 0.25) is 0 Å². The zero-order valence-electron chi connectivity index (χ0n) is 6.41. The number of rotatable bonds is 1. The molecular weight excluding hydrogens is 144 g/mol. The van der Waals surface area contributed by atoms with Crippen molar-refractivity contribution in [2.24, 2.45) is 0 Å². The van der Waals surface area contributed by atoms with E-state index >= 15 is 0 Å². The summed E-state index contributed by atoms with van der Waals surface area (Å²) in [5.74, 6) is -0.0929. The molecule has 1 heterocycles. The van der Waals surface area contributed by atoms with E-state index in [0.717, 1.165) is 0 Å². The Morgan fingerprint density at radius 2 is 2.64 bits per heavy atom. The van der Waals surface area contributed by atoms with Crippen LogP contribution in [0.1, 0.15) is 6.92 Å². The number of hydrogen-bond acceptors (Lipinski definition) is 3. The van der Waals surface area contributed by atoms with Gasteiger partial charge >= 0.3 is 0 Å². The molecule has 0 aliphatic carbocycles. The van der Waals surface area contributed by atoms with Gasteiger partial charge < -0.3 is 9.64 Å². The van der Waals surface area contributed by atoms with Crippen LogP contribution in [0.3, 0.4) is 0 Å². The highest BCUT2D eigenvalue weighted by molar-refractivity contribution is 5.78. The van der Waals surface area contributed by atoms with Gasteiger partial charge in [-0.3, -0.25) is 4.79 Å². The van der Waals surface area contributed by atoms with Crippen molar-refractivity contribution in [3.63, 3.8) is 0 Å². The predicted molar refractivity (Wildman–Crippen MR) is 37.6 cm³/mol. The number of ether oxygens (including phenoxy) is 1. The molecule has 60 valence electrons. The molecule has 4 heteroatoms. The van der Waals surface area contributed by atoms with E-state index in [0.29, 0.717) is 6.54 Å². The van der Waals surface area contributed by atoms with Gasteiger partial charge in [-0.25, -0.2) is 0 Å². The predicted octanol–water partition coefficient (Wildman–Crippen LogP) is -0.243. The summed E-state index contributed by atoms with van der Waals surface area (Å²) in [6, 6.07) is 1.94. The fraction of sp³-hybridized carbons (Fsp3) is 0.714. The molecule has 1 aliphatic rings. The summed E-state index contributed by atoms with van der Waals surface area (Å²) in [6.07, 6.45) is 0.0565. The van der Waals surface area contributed by atoms with Crippen molar-refractivity contribution in [2.75, 3.05) is 19.7 Å². The molecule has 0 saturated carbocycles. The Bertz CT molecular complexity index is 197. The minimum absolute atomic E-state index is 0.0565. The third kappa shape index (κ3) is 1.92. The zero-order chi connectivity index (χ0) is 8.27. The normalized spacial score (nSPS) is 24.9. The molecule has 1 fully saturated rings. The Morgan fingerprint density at radius 3 is 3.27 bits per heavy atom. The van der Waals surface area contributed by atoms with Gasteiger partial charge in [0.25, 0.3) is 0 Å². The van der Waals surface area contributed by atoms with Gasteiger partial charge in [0.05, 0.1) is 12.2 Å². The van der Waals surface area contributed by atoms with Crippen LogP contribution in [-0.4, -0.2) is 36.6 Å². The number of nitrogens with zero attached hydrogens (tertiary/aromatic N) is 2. The van der Waals surface area contributed by atoms with E-state index in [1.54, 1.807) is 0 Å². The number of hydrogen-bond donors (Lipinski definition) is 0. The fourth-order valence-corrected chi connectivity index (χ4v) is 1.01. The van der Waals surface area contributed by atoms with Gasteiger partial charge in [0.2, 0.25) is 5.91 Å². The topological polar surface area (TPSA) is 53.3 Å². The van der Waals surface area contributed by atoms with Crippen LogP contribution in [-0.2, 0) is 9.53 Å². The molecule has 4 nitrogen and oxygen atoms in total. The molecule has 1 rings (SSSR count). The molecule has 1 saturated heterocycles. The molecule has 0 spiro atoms. The summed E-state index contributed by atoms with van der Waals surface area (Å²) >= 11 is 0. The summed E-state index contributed by atoms with van der Waals surface area (Å²) < 4.78 is 5.07. The average Bonchev–Trinajstić information content (AvgIpc) is 1.98. The lowest BCUT2D eigenvalue weighted by Gasteiger charge is -2.28. The van der Waals surface area contributed by atoms with E-state index in [1.165, 1.54) is 4.90 Å². The maximum absolute atomic E-state index is 11.0. The summed E-state index contributed by atoms with van der Waals surface area (Å²) in [5, 5.41) is 8.34. The van der Waals surface area contributed by atoms with Crippen molar-refractivity contribution < 1.29 is 9.53 Å². The first-order valence-electron chi connectivity index (χ1n) is 3.50. The molecular formula is C7H10N2O2. The number of amides is 1. The van der Waals surface area contributed by atoms with E-state index < -0.39 is 0 Å². The maximum atomic E-state index is 11.0. The van der Waals surface area contributed by atoms with E-state index in [4.69, 9.17) is 10.00 Å². The molecule has 1 aliphatic heterocycles. The highest BCUT2D eigenvalue weighted by atomic mass is 16.5. The van der Waals surface area contributed by atoms with E-state index in [2.05, 4.69) is 0 Å². The van der Waals surface area contributed by atoms with Crippen molar-refractivity contribution in [3.8, 4) is 6.07 Å². The summed E-state index contributed by atoms with van der Waals surface area (Å²) in [5.41, 5.74) is 0. The Balaban J connectivity index is 2.49. The molecule has 0 aromatic rings. The van der Waals surface area contributed by atoms with Crippen LogP contribution < -0.4 is 0 Å². The first kappa shape index (κ1) is 8.02. The van der Waals surface area contributed by atoms with Gasteiger partial charge in [-0.1, -0.05) is 0 Å². The summed E-state index contributed by atoms with van der Waals surface area (Å²) in [6.45, 7) is 2.71. The quantitative estimate of drug-likeness (QED) is 0.490. The maximum Gasteiger partial charge on any atom is 0.249 e. The molecule has 0 radical (unpaired) electrons. The second-order valence-corrected chi connectivity index (χ2v) is 2.55. The van der Waals surface area contributed by atoms with Crippen molar-refractivity contribution in [1.29, 1.82) is 5.26 Å². The van der Waals surface area contributed by atoms with Crippen molar-refractivity contribution in [2.45, 2.75) is 13.0 Å². The van der Waals surface area contributed by atoms with Crippen LogP contribution in [0.4, 0.5) is 0 Å². The van der Waals surface area contributed by atoms with E-state index in [-0.39, 0.29) is 25.2 Å². The van der Waals surface area contributed by atoms with Gasteiger partial charge in [0.15, 0.2) is 0 Å². The van der Waals surface area contributed by atoms with Gasteiger partial charge in [-0.2, -0.15) is 5.26 Å². The van der Waals surface area contributed by atoms with Crippen LogP contribution in [0.25, 0.3) is 0 Å². The minimum Gasteiger partial charge on any atom is -0.367 e. The van der Waals surface area contributed by atoms with Crippen LogP contribution >= 0.6 is 0 Å². The Labute approximate surface area is 65.4 Å². The van der Waals surface area contributed by atoms with Crippen LogP contribution in [0.5, 0.6) is 0 Å². The van der Waals surface area contributed by atoms with E-state index in [1.807, 2.05) is 13.0 Å². The van der Waals surface area contributed by atoms with Gasteiger partial charge in [0, 0.05) is 6.54 Å². The number of morpholine rings is 1. The summed E-state index contributed by atoms with van der Waals surface area (Å²) in [4.78, 5) is 12.5. The Kier molecular flexibility index (Phi) is 2.44. The van der Waals surface area contributed by atoms with Gasteiger partial charge in [0.1, 0.15) is 13.2 Å². The summed E-state index contributed by atoms with van der Waals surface area (Å²) in [7, 11) is 0. The van der Waals surface area contributed by atoms with E-state index in [9.17, 15) is 4.79 Å². The average molecular weight is 154 g/mol. The standard InChI is InChI=1S/C7H10N2O2/c1-6-4-9(3-2-8)7(10)5-11-6/h6H,3-5H2,1H3. The highest BCUT2D eigenvalue weighted by Gasteiger charge is 2.22. The van der Waals surface area contributed by atoms with Crippen LogP contribution in [0, 0.1) is 11.3 Å². The smallest absolute Gasteiger partial charge is 0.249 e. The van der Waals surface area contributed by atoms with Crippen molar-refractivity contribution in [3.05, 3.63) is 0 Å². The lowest BCUT2D eigenvalue weighted by atomic mass is 10.3. The monoisotopic (exact) mass is 154 g/mol. The second kappa shape index (κ2) is 3.35. The van der Waals surface area contributed by atoms with Gasteiger partial charge in [-0.15, -0.1) is 0 Å². The molecule has 0 bridgehead atoms. The third-order valence-corrected chi connectivity index (χ3v) is 1.58.